The Morgan fingerprint density at radius 3 is 2.60 bits per heavy atom. The van der Waals surface area contributed by atoms with Crippen LogP contribution in [0.3, 0.4) is 0 Å². The van der Waals surface area contributed by atoms with E-state index in [2.05, 4.69) is 4.74 Å². The molecule has 1 saturated heterocycles. The first-order valence-corrected chi connectivity index (χ1v) is 1.61. The number of halogens is 1. The van der Waals surface area contributed by atoms with Gasteiger partial charge in [-0.05, 0) is 0 Å². The molecule has 1 nitrogen and oxygen atoms in total. The molecular weight excluding hydrogens is 70.0 g/mol. The summed E-state index contributed by atoms with van der Waals surface area (Å²) >= 11 is 0. The highest BCUT2D eigenvalue weighted by Crippen LogP contribution is 2.07. The molecular formula is C3H5FO. The molecule has 0 aromatic rings. The summed E-state index contributed by atoms with van der Waals surface area (Å²) < 4.78 is 15.5. The van der Waals surface area contributed by atoms with Crippen LogP contribution in [-0.4, -0.2) is 19.4 Å². The second-order valence-corrected chi connectivity index (χ2v) is 1.11. The lowest BCUT2D eigenvalue weighted by Gasteiger charge is -1.66. The van der Waals surface area contributed by atoms with Crippen molar-refractivity contribution in [3.63, 3.8) is 0 Å². The number of hydrogen-bond acceptors (Lipinski definition) is 1. The van der Waals surface area contributed by atoms with Crippen molar-refractivity contribution in [3.8, 4) is 0 Å². The summed E-state index contributed by atoms with van der Waals surface area (Å²) in [4.78, 5) is 0. The molecule has 0 aliphatic carbocycles. The highest BCUT2D eigenvalue weighted by molar-refractivity contribution is 4.65. The molecule has 1 aliphatic heterocycles. The Morgan fingerprint density at radius 2 is 2.60 bits per heavy atom. The number of rotatable bonds is 1. The minimum Gasteiger partial charge on any atom is -0.370 e. The lowest BCUT2D eigenvalue weighted by molar-refractivity contribution is 0.346. The zero-order valence-corrected chi connectivity index (χ0v) is 2.78. The van der Waals surface area contributed by atoms with Gasteiger partial charge < -0.3 is 4.74 Å². The van der Waals surface area contributed by atoms with E-state index in [1.165, 1.54) is 0 Å². The first kappa shape index (κ1) is 3.09. The Hall–Kier alpha value is -0.110. The normalized spacial score (nSPS) is 34.2. The summed E-state index contributed by atoms with van der Waals surface area (Å²) in [6, 6.07) is 0. The van der Waals surface area contributed by atoms with Crippen LogP contribution in [0.4, 0.5) is 4.39 Å². The van der Waals surface area contributed by atoms with Gasteiger partial charge in [0.25, 0.3) is 0 Å². The molecule has 0 amide bonds. The van der Waals surface area contributed by atoms with Gasteiger partial charge in [0.15, 0.2) is 0 Å². The highest BCUT2D eigenvalue weighted by Gasteiger charge is 2.20. The fraction of sp³-hybridized carbons (Fsp3) is 1.00. The van der Waals surface area contributed by atoms with Gasteiger partial charge in [-0.15, -0.1) is 0 Å². The van der Waals surface area contributed by atoms with Crippen molar-refractivity contribution >= 4 is 0 Å². The zero-order valence-electron chi connectivity index (χ0n) is 2.78. The van der Waals surface area contributed by atoms with E-state index in [0.717, 1.165) is 0 Å². The fourth-order valence-corrected chi connectivity index (χ4v) is 0.157. The Kier molecular flexibility index (Phi) is 0.580. The third kappa shape index (κ3) is 0.581. The van der Waals surface area contributed by atoms with Gasteiger partial charge in [0.05, 0.1) is 6.61 Å². The topological polar surface area (TPSA) is 12.5 Å². The Labute approximate surface area is 29.7 Å². The molecule has 0 aromatic carbocycles. The summed E-state index contributed by atoms with van der Waals surface area (Å²) in [5.41, 5.74) is 0. The number of epoxide rings is 1. The Morgan fingerprint density at radius 1 is 2.00 bits per heavy atom. The lowest BCUT2D eigenvalue weighted by Crippen LogP contribution is -1.81. The first-order valence-electron chi connectivity index (χ1n) is 1.61. The van der Waals surface area contributed by atoms with Crippen LogP contribution in [0.25, 0.3) is 0 Å². The van der Waals surface area contributed by atoms with Crippen LogP contribution in [0.15, 0.2) is 0 Å². The summed E-state index contributed by atoms with van der Waals surface area (Å²) in [7, 11) is 0. The predicted octanol–water partition coefficient (Wildman–Crippen LogP) is 0.355. The van der Waals surface area contributed by atoms with Crippen LogP contribution < -0.4 is 0 Å². The zero-order chi connectivity index (χ0) is 3.70. The lowest BCUT2D eigenvalue weighted by atomic mass is 10.6. The largest absolute Gasteiger partial charge is 0.370 e. The van der Waals surface area contributed by atoms with Crippen molar-refractivity contribution in [3.05, 3.63) is 0 Å². The fourth-order valence-electron chi connectivity index (χ4n) is 0.157. The molecule has 5 heavy (non-hydrogen) atoms. The SMILES string of the molecule is [18F]C[C@H]1CO1. The number of ether oxygens (including phenoxy) is 1. The molecule has 0 unspecified atom stereocenters. The molecule has 1 fully saturated rings. The molecule has 1 heterocycles. The molecule has 1 atom stereocenters. The molecule has 1 rings (SSSR count). The molecule has 0 N–H and O–H groups in total. The Balaban J connectivity index is 2.00. The number of hydrogen-bond donors (Lipinski definition) is 0. The summed E-state index contributed by atoms with van der Waals surface area (Å²) in [5, 5.41) is 0. The van der Waals surface area contributed by atoms with E-state index in [9.17, 15) is 4.39 Å². The van der Waals surface area contributed by atoms with Gasteiger partial charge in [0, 0.05) is 0 Å². The van der Waals surface area contributed by atoms with Gasteiger partial charge in [-0.1, -0.05) is 0 Å². The van der Waals surface area contributed by atoms with Crippen LogP contribution in [-0.2, 0) is 4.74 Å². The maximum absolute atomic E-state index is 11.1. The molecule has 1 aliphatic rings. The predicted molar refractivity (Wildman–Crippen MR) is 15.7 cm³/mol. The smallest absolute Gasteiger partial charge is 0.118 e. The Bertz CT molecular complexity index is 33.9. The average Bonchev–Trinajstić information content (AvgIpc) is 2.12. The minimum atomic E-state index is -0.306. The highest BCUT2D eigenvalue weighted by atomic mass is 18.2. The maximum atomic E-state index is 11.1. The minimum absolute atomic E-state index is 0.0324. The van der Waals surface area contributed by atoms with Crippen molar-refractivity contribution in [1.82, 2.24) is 0 Å². The third-order valence-corrected chi connectivity index (χ3v) is 0.574. The van der Waals surface area contributed by atoms with Crippen LogP contribution >= 0.6 is 0 Å². The second-order valence-electron chi connectivity index (χ2n) is 1.11. The molecule has 0 aromatic heterocycles. The summed E-state index contributed by atoms with van der Waals surface area (Å²) in [5.74, 6) is 0. The summed E-state index contributed by atoms with van der Waals surface area (Å²) in [6.07, 6.45) is -0.0324. The van der Waals surface area contributed by atoms with Crippen molar-refractivity contribution in [1.29, 1.82) is 0 Å². The van der Waals surface area contributed by atoms with Crippen LogP contribution in [0.1, 0.15) is 0 Å². The van der Waals surface area contributed by atoms with Crippen LogP contribution in [0, 0.1) is 0 Å². The van der Waals surface area contributed by atoms with Gasteiger partial charge >= 0.3 is 0 Å². The van der Waals surface area contributed by atoms with E-state index >= 15 is 0 Å². The first-order chi connectivity index (χ1) is 2.43. The van der Waals surface area contributed by atoms with Crippen molar-refractivity contribution < 1.29 is 9.13 Å². The van der Waals surface area contributed by atoms with E-state index < -0.39 is 0 Å². The number of alkyl halides is 1. The van der Waals surface area contributed by atoms with E-state index in [-0.39, 0.29) is 12.8 Å². The quantitative estimate of drug-likeness (QED) is 0.410. The van der Waals surface area contributed by atoms with Crippen LogP contribution in [0.5, 0.6) is 0 Å². The third-order valence-electron chi connectivity index (χ3n) is 0.574. The summed E-state index contributed by atoms with van der Waals surface area (Å²) in [6.45, 7) is 0.330. The van der Waals surface area contributed by atoms with Crippen molar-refractivity contribution in [2.75, 3.05) is 13.3 Å². The molecule has 2 heteroatoms. The molecule has 0 radical (unpaired) electrons. The monoisotopic (exact) mass is 75.0 g/mol. The van der Waals surface area contributed by atoms with E-state index in [1.807, 2.05) is 0 Å². The van der Waals surface area contributed by atoms with Gasteiger partial charge in [0.2, 0.25) is 0 Å². The maximum Gasteiger partial charge on any atom is 0.118 e. The van der Waals surface area contributed by atoms with Gasteiger partial charge in [-0.3, -0.25) is 0 Å². The van der Waals surface area contributed by atoms with E-state index in [0.29, 0.717) is 6.61 Å². The van der Waals surface area contributed by atoms with Gasteiger partial charge in [0.1, 0.15) is 12.8 Å². The van der Waals surface area contributed by atoms with Crippen molar-refractivity contribution in [2.24, 2.45) is 0 Å². The van der Waals surface area contributed by atoms with Gasteiger partial charge in [-0.2, -0.15) is 0 Å². The molecule has 0 spiro atoms. The standard InChI is InChI=1S/C3H5FO/c4-1-3-2-5-3/h3H,1-2H2/t3-/m0/s1/i4-1. The molecule has 0 bridgehead atoms. The second kappa shape index (κ2) is 0.937. The van der Waals surface area contributed by atoms with E-state index in [4.69, 9.17) is 0 Å². The molecule has 30 valence electrons. The van der Waals surface area contributed by atoms with Crippen molar-refractivity contribution in [2.45, 2.75) is 6.10 Å². The van der Waals surface area contributed by atoms with Gasteiger partial charge in [-0.25, -0.2) is 4.39 Å². The molecule has 0 saturated carbocycles. The average molecular weight is 75.1 g/mol. The van der Waals surface area contributed by atoms with Crippen LogP contribution in [0.2, 0.25) is 0 Å². The van der Waals surface area contributed by atoms with E-state index in [1.54, 1.807) is 0 Å².